The van der Waals surface area contributed by atoms with E-state index in [1.807, 2.05) is 36.7 Å². The number of para-hydroxylation sites is 2. The third-order valence-electron chi connectivity index (χ3n) is 25.6. The van der Waals surface area contributed by atoms with Crippen molar-refractivity contribution in [2.24, 2.45) is 0 Å². The number of pyridine rings is 4. The van der Waals surface area contributed by atoms with Crippen molar-refractivity contribution in [3.05, 3.63) is 410 Å². The van der Waals surface area contributed by atoms with Crippen molar-refractivity contribution >= 4 is 143 Å². The molecule has 25 rings (SSSR count). The largest absolute Gasteiger partial charge is 0.456 e. The normalized spacial score (nSPS) is 12.7. The van der Waals surface area contributed by atoms with Crippen LogP contribution in [0.25, 0.3) is 187 Å². The number of furan rings is 2. The monoisotopic (exact) mass is 1530 g/mol. The van der Waals surface area contributed by atoms with Gasteiger partial charge in [0.1, 0.15) is 22.6 Å². The predicted octanol–water partition coefficient (Wildman–Crippen LogP) is 30.2. The van der Waals surface area contributed by atoms with E-state index in [-0.39, 0.29) is 0 Å². The number of hydrogen-bond acceptors (Lipinski definition) is 8. The number of hydrogen-bond donors (Lipinski definition) is 0. The Balaban J connectivity index is 0.818. The van der Waals surface area contributed by atoms with E-state index in [1.165, 1.54) is 55.5 Å². The van der Waals surface area contributed by atoms with Gasteiger partial charge in [-0.1, -0.05) is 244 Å². The zero-order chi connectivity index (χ0) is 79.0. The van der Waals surface area contributed by atoms with Crippen LogP contribution in [0, 0.1) is 0 Å². The highest BCUT2D eigenvalue weighted by Crippen LogP contribution is 2.64. The number of benzene rings is 16. The maximum Gasteiger partial charge on any atom is 0.160 e. The van der Waals surface area contributed by atoms with Crippen LogP contribution in [-0.4, -0.2) is 19.9 Å². The van der Waals surface area contributed by atoms with Gasteiger partial charge in [0, 0.05) is 84.5 Å². The fraction of sp³-hybridized carbons (Fsp3) is 0.0357. The quantitative estimate of drug-likeness (QED) is 0.0884. The van der Waals surface area contributed by atoms with E-state index in [4.69, 9.17) is 28.8 Å². The van der Waals surface area contributed by atoms with Gasteiger partial charge in [-0.15, -0.1) is 0 Å². The fourth-order valence-corrected chi connectivity index (χ4v) is 20.2. The van der Waals surface area contributed by atoms with Crippen LogP contribution in [-0.2, 0) is 5.41 Å². The van der Waals surface area contributed by atoms with E-state index in [0.29, 0.717) is 17.3 Å². The summed E-state index contributed by atoms with van der Waals surface area (Å²) in [6, 6.07) is 135. The molecule has 0 radical (unpaired) electrons. The highest BCUT2D eigenvalue weighted by Gasteiger charge is 2.52. The molecule has 0 bridgehead atoms. The summed E-state index contributed by atoms with van der Waals surface area (Å²) >= 11 is 0. The topological polar surface area (TPSA) is 84.3 Å². The Morgan fingerprint density at radius 3 is 1.67 bits per heavy atom. The summed E-state index contributed by atoms with van der Waals surface area (Å²) in [7, 11) is 0. The van der Waals surface area contributed by atoms with E-state index in [1.54, 1.807) is 0 Å². The van der Waals surface area contributed by atoms with Crippen molar-refractivity contribution in [3.63, 3.8) is 0 Å². The molecule has 8 heteroatoms. The minimum atomic E-state index is -0.595. The lowest BCUT2D eigenvalue weighted by Gasteiger charge is -2.32. The van der Waals surface area contributed by atoms with Crippen molar-refractivity contribution in [3.8, 4) is 78.4 Å². The molecule has 560 valence electrons. The Bertz CT molecular complexity index is 8170. The first-order valence-electron chi connectivity index (χ1n) is 41.2. The van der Waals surface area contributed by atoms with Gasteiger partial charge in [-0.25, -0.2) is 9.97 Å². The molecule has 0 atom stereocenters. The fourth-order valence-electron chi connectivity index (χ4n) is 20.2. The molecule has 0 N–H and O–H groups in total. The van der Waals surface area contributed by atoms with E-state index in [2.05, 4.69) is 369 Å². The van der Waals surface area contributed by atoms with Crippen LogP contribution in [0.2, 0.25) is 0 Å². The van der Waals surface area contributed by atoms with Gasteiger partial charge < -0.3 is 13.7 Å². The number of aromatic nitrogens is 4. The third kappa shape index (κ3) is 10.1. The average molecular weight is 1530 g/mol. The van der Waals surface area contributed by atoms with Gasteiger partial charge in [-0.05, 0) is 255 Å². The average Bonchev–Trinajstić information content (AvgIpc) is 1.50. The van der Waals surface area contributed by atoms with E-state index in [9.17, 15) is 0 Å². The van der Waals surface area contributed by atoms with Crippen LogP contribution in [0.15, 0.2) is 391 Å². The molecular weight excluding hydrogens is 1460 g/mol. The van der Waals surface area contributed by atoms with Crippen molar-refractivity contribution in [1.82, 2.24) is 19.9 Å². The van der Waals surface area contributed by atoms with Gasteiger partial charge in [0.05, 0.1) is 45.1 Å². The first-order chi connectivity index (χ1) is 59.3. The molecule has 2 aliphatic carbocycles. The molecule has 17 aromatic carbocycles. The van der Waals surface area contributed by atoms with Gasteiger partial charge in [0.2, 0.25) is 0 Å². The lowest BCUT2D eigenvalue weighted by atomic mass is 9.70. The van der Waals surface area contributed by atoms with Crippen LogP contribution in [0.4, 0.5) is 34.3 Å². The van der Waals surface area contributed by atoms with Crippen molar-refractivity contribution in [2.45, 2.75) is 25.2 Å². The molecule has 0 amide bonds. The summed E-state index contributed by atoms with van der Waals surface area (Å²) in [5, 5.41) is 15.6. The summed E-state index contributed by atoms with van der Waals surface area (Å²) in [4.78, 5) is 26.1. The van der Waals surface area contributed by atoms with Gasteiger partial charge in [0.25, 0.3) is 0 Å². The maximum absolute atomic E-state index is 8.23. The van der Waals surface area contributed by atoms with Crippen LogP contribution >= 0.6 is 0 Å². The molecule has 8 nitrogen and oxygen atoms in total. The number of fused-ring (bicyclic) bond motifs is 17. The standard InChI is InChI=1S/C112H70N6O2/c1-66(2)68-27-21-28-74(55-68)100-61-73(52-54-114-100)81-48-49-87-92-63-80(117(77-29-7-4-8-30-77)79-45-47-85-84-33-13-17-37-95(84)112(96(85)64-79)93-35-15-11-31-82(93)83-32-12-16-36-94(83)112)65-103-106(92)105-91(60-76(62-102(105)119-103)109-89-46-43-72(67-23-5-3-6-24-67)59-90(89)86-34-14-18-38-97(86)116-109)88-50-51-101(111-108(88)107(87)110(81)120-111)118(104-41-22-40-99(115-104)98-39-19-20-53-113-98)78-44-42-71-56-69-25-9-10-26-70(69)57-75(71)58-78/h3-66H,1-2H3. The minimum Gasteiger partial charge on any atom is -0.456 e. The molecule has 0 aliphatic heterocycles. The summed E-state index contributed by atoms with van der Waals surface area (Å²) < 4.78 is 16.1. The van der Waals surface area contributed by atoms with Gasteiger partial charge in [-0.3, -0.25) is 14.9 Å². The second-order valence-corrected chi connectivity index (χ2v) is 32.4. The lowest BCUT2D eigenvalue weighted by Crippen LogP contribution is -2.26. The highest BCUT2D eigenvalue weighted by atomic mass is 16.3. The van der Waals surface area contributed by atoms with Crippen molar-refractivity contribution in [2.75, 3.05) is 9.80 Å². The molecule has 0 saturated carbocycles. The van der Waals surface area contributed by atoms with Crippen LogP contribution in [0.3, 0.4) is 0 Å². The Kier molecular flexibility index (Phi) is 14.8. The Hall–Kier alpha value is -15.6. The van der Waals surface area contributed by atoms with Crippen molar-refractivity contribution < 1.29 is 8.83 Å². The molecule has 6 aromatic heterocycles. The summed E-state index contributed by atoms with van der Waals surface area (Å²) in [5.41, 5.74) is 28.4. The highest BCUT2D eigenvalue weighted by molar-refractivity contribution is 6.39. The van der Waals surface area contributed by atoms with Gasteiger partial charge in [-0.2, -0.15) is 0 Å². The van der Waals surface area contributed by atoms with Crippen molar-refractivity contribution in [1.29, 1.82) is 0 Å². The molecular formula is C112H70N6O2. The third-order valence-corrected chi connectivity index (χ3v) is 25.6. The van der Waals surface area contributed by atoms with Crippen LogP contribution in [0.5, 0.6) is 0 Å². The first-order valence-corrected chi connectivity index (χ1v) is 41.2. The van der Waals surface area contributed by atoms with Crippen LogP contribution in [0.1, 0.15) is 47.6 Å². The Morgan fingerprint density at radius 1 is 0.283 bits per heavy atom. The summed E-state index contributed by atoms with van der Waals surface area (Å²) in [6.45, 7) is 4.48. The molecule has 1 spiro atoms. The number of nitrogens with zero attached hydrogens (tertiary/aromatic N) is 6. The van der Waals surface area contributed by atoms with E-state index in [0.717, 1.165) is 182 Å². The molecule has 6 heterocycles. The predicted molar refractivity (Wildman–Crippen MR) is 495 cm³/mol. The Labute approximate surface area is 690 Å². The molecule has 0 unspecified atom stereocenters. The lowest BCUT2D eigenvalue weighted by molar-refractivity contribution is 0.669. The number of anilines is 6. The summed E-state index contributed by atoms with van der Waals surface area (Å²) in [5.74, 6) is 1.01. The zero-order valence-electron chi connectivity index (χ0n) is 65.5. The molecule has 0 fully saturated rings. The molecule has 0 saturated heterocycles. The Morgan fingerprint density at radius 2 is 0.892 bits per heavy atom. The molecule has 23 aromatic rings. The smallest absolute Gasteiger partial charge is 0.160 e. The van der Waals surface area contributed by atoms with E-state index < -0.39 is 5.41 Å². The van der Waals surface area contributed by atoms with Gasteiger partial charge in [0.15, 0.2) is 5.58 Å². The SMILES string of the molecule is CC(C)c1cccc(-c2cc(-c3ccc4c5cc(N(c6ccccc6)c6ccc7c(c6)C6(c8ccccc8-c8ccccc86)c6ccccc6-7)cc6oc7cc(-c8nc9ccccc9c9cc(-c%10ccccc%10)ccc89)cc(c8ccc(N(c9ccc%10cc%11ccccc%11cc%10c9)c9cccc(-c%10ccccn%10)n9)c9oc3c4c98)c7c65)ccn2)c1. The molecule has 120 heavy (non-hydrogen) atoms. The molecule has 2 aliphatic rings. The second-order valence-electron chi connectivity index (χ2n) is 32.4. The van der Waals surface area contributed by atoms with E-state index >= 15 is 0 Å². The second kappa shape index (κ2) is 26.2. The minimum absolute atomic E-state index is 0.324. The van der Waals surface area contributed by atoms with Crippen LogP contribution < -0.4 is 9.80 Å². The number of rotatable bonds is 12. The zero-order valence-corrected chi connectivity index (χ0v) is 65.5. The summed E-state index contributed by atoms with van der Waals surface area (Å²) in [6.07, 6.45) is 3.78. The first kappa shape index (κ1) is 67.7. The van der Waals surface area contributed by atoms with Gasteiger partial charge >= 0.3 is 0 Å². The maximum atomic E-state index is 8.23.